The van der Waals surface area contributed by atoms with Gasteiger partial charge in [-0.2, -0.15) is 0 Å². The zero-order valence-corrected chi connectivity index (χ0v) is 13.6. The molecule has 1 aromatic rings. The van der Waals surface area contributed by atoms with Crippen LogP contribution >= 0.6 is 0 Å². The first-order chi connectivity index (χ1) is 10.6. The monoisotopic (exact) mass is 303 g/mol. The largest absolute Gasteiger partial charge is 0.338 e. The Morgan fingerprint density at radius 2 is 1.91 bits per heavy atom. The molecule has 1 heterocycles. The van der Waals surface area contributed by atoms with E-state index in [4.69, 9.17) is 0 Å². The van der Waals surface area contributed by atoms with Crippen molar-refractivity contribution in [3.63, 3.8) is 0 Å². The van der Waals surface area contributed by atoms with E-state index in [0.29, 0.717) is 19.6 Å². The third kappa shape index (κ3) is 3.40. The van der Waals surface area contributed by atoms with Gasteiger partial charge in [-0.15, -0.1) is 0 Å². The molecule has 22 heavy (non-hydrogen) atoms. The second-order valence-corrected chi connectivity index (χ2v) is 5.61. The van der Waals surface area contributed by atoms with Crippen LogP contribution in [-0.2, 0) is 11.2 Å². The summed E-state index contributed by atoms with van der Waals surface area (Å²) in [5.74, 6) is -0.0258. The number of benzene rings is 1. The van der Waals surface area contributed by atoms with Crippen molar-refractivity contribution in [2.24, 2.45) is 0 Å². The molecular weight excluding hydrogens is 278 g/mol. The second kappa shape index (κ2) is 7.29. The summed E-state index contributed by atoms with van der Waals surface area (Å²) >= 11 is 0. The van der Waals surface area contributed by atoms with Crippen molar-refractivity contribution in [2.45, 2.75) is 39.7 Å². The van der Waals surface area contributed by atoms with Crippen LogP contribution in [0, 0.1) is 0 Å². The Morgan fingerprint density at radius 3 is 2.50 bits per heavy atom. The summed E-state index contributed by atoms with van der Waals surface area (Å²) in [6.45, 7) is 7.63. The number of rotatable bonds is 4. The number of piperazine rings is 1. The third-order valence-electron chi connectivity index (χ3n) is 4.10. The zero-order chi connectivity index (χ0) is 16.1. The molecule has 1 N–H and O–H groups in total. The highest BCUT2D eigenvalue weighted by atomic mass is 16.2. The number of nitrogens with zero attached hydrogens (tertiary/aromatic N) is 2. The molecule has 0 bridgehead atoms. The number of carbonyl (C=O) groups excluding carboxylic acids is 2. The summed E-state index contributed by atoms with van der Waals surface area (Å²) < 4.78 is 0. The molecule has 1 aliphatic heterocycles. The second-order valence-electron chi connectivity index (χ2n) is 5.61. The number of hydrogen-bond donors (Lipinski definition) is 1. The van der Waals surface area contributed by atoms with Crippen LogP contribution in [0.3, 0.4) is 0 Å². The fourth-order valence-electron chi connectivity index (χ4n) is 2.65. The van der Waals surface area contributed by atoms with Crippen molar-refractivity contribution in [2.75, 3.05) is 24.5 Å². The standard InChI is InChI=1S/C17H25N3O2/c1-4-10-18-17(22)19-11-12-20(16(21)13(19)3)15-8-6-14(5-2)7-9-15/h6-9,13H,4-5,10-12H2,1-3H3,(H,18,22). The first-order valence-electron chi connectivity index (χ1n) is 8.03. The van der Waals surface area contributed by atoms with Gasteiger partial charge in [0.05, 0.1) is 0 Å². The maximum Gasteiger partial charge on any atom is 0.318 e. The van der Waals surface area contributed by atoms with Crippen LogP contribution in [0.15, 0.2) is 24.3 Å². The molecule has 120 valence electrons. The van der Waals surface area contributed by atoms with Gasteiger partial charge < -0.3 is 15.1 Å². The minimum Gasteiger partial charge on any atom is -0.338 e. The van der Waals surface area contributed by atoms with Crippen molar-refractivity contribution in [3.8, 4) is 0 Å². The zero-order valence-electron chi connectivity index (χ0n) is 13.6. The minimum atomic E-state index is -0.434. The van der Waals surface area contributed by atoms with Gasteiger partial charge >= 0.3 is 6.03 Å². The lowest BCUT2D eigenvalue weighted by molar-refractivity contribution is -0.124. The van der Waals surface area contributed by atoms with Gasteiger partial charge in [-0.25, -0.2) is 4.79 Å². The number of nitrogens with one attached hydrogen (secondary N) is 1. The lowest BCUT2D eigenvalue weighted by Crippen LogP contribution is -2.59. The molecule has 1 atom stereocenters. The van der Waals surface area contributed by atoms with Gasteiger partial charge in [0, 0.05) is 25.3 Å². The van der Waals surface area contributed by atoms with Gasteiger partial charge in [-0.1, -0.05) is 26.0 Å². The summed E-state index contributed by atoms with van der Waals surface area (Å²) in [5.41, 5.74) is 2.16. The molecule has 0 spiro atoms. The van der Waals surface area contributed by atoms with Crippen molar-refractivity contribution in [1.82, 2.24) is 10.2 Å². The van der Waals surface area contributed by atoms with Crippen LogP contribution in [0.25, 0.3) is 0 Å². The number of aryl methyl sites for hydroxylation is 1. The highest BCUT2D eigenvalue weighted by Crippen LogP contribution is 2.21. The van der Waals surface area contributed by atoms with Crippen LogP contribution in [-0.4, -0.2) is 42.5 Å². The van der Waals surface area contributed by atoms with Crippen molar-refractivity contribution in [1.29, 1.82) is 0 Å². The molecule has 0 radical (unpaired) electrons. The van der Waals surface area contributed by atoms with Crippen molar-refractivity contribution < 1.29 is 9.59 Å². The summed E-state index contributed by atoms with van der Waals surface area (Å²) in [6.07, 6.45) is 1.87. The first kappa shape index (κ1) is 16.3. The van der Waals surface area contributed by atoms with Crippen LogP contribution in [0.1, 0.15) is 32.8 Å². The molecule has 1 aliphatic rings. The normalized spacial score (nSPS) is 18.5. The maximum atomic E-state index is 12.6. The van der Waals surface area contributed by atoms with Gasteiger partial charge in [0.25, 0.3) is 0 Å². The Bertz CT molecular complexity index is 527. The Labute approximate surface area is 132 Å². The number of carbonyl (C=O) groups is 2. The maximum absolute atomic E-state index is 12.6. The number of urea groups is 1. The van der Waals surface area contributed by atoms with E-state index in [1.807, 2.05) is 31.2 Å². The lowest BCUT2D eigenvalue weighted by Gasteiger charge is -2.39. The molecule has 5 nitrogen and oxygen atoms in total. The lowest BCUT2D eigenvalue weighted by atomic mass is 10.1. The van der Waals surface area contributed by atoms with E-state index in [1.165, 1.54) is 5.56 Å². The number of anilines is 1. The van der Waals surface area contributed by atoms with E-state index in [0.717, 1.165) is 18.5 Å². The van der Waals surface area contributed by atoms with E-state index >= 15 is 0 Å². The Kier molecular flexibility index (Phi) is 5.41. The highest BCUT2D eigenvalue weighted by Gasteiger charge is 2.34. The van der Waals surface area contributed by atoms with Crippen molar-refractivity contribution >= 4 is 17.6 Å². The molecule has 3 amide bonds. The molecule has 0 saturated carbocycles. The molecule has 2 rings (SSSR count). The molecule has 1 unspecified atom stereocenters. The van der Waals surface area contributed by atoms with Crippen LogP contribution in [0.5, 0.6) is 0 Å². The van der Waals surface area contributed by atoms with Crippen LogP contribution in [0.2, 0.25) is 0 Å². The first-order valence-corrected chi connectivity index (χ1v) is 8.03. The van der Waals surface area contributed by atoms with Crippen molar-refractivity contribution in [3.05, 3.63) is 29.8 Å². The Hall–Kier alpha value is -2.04. The Morgan fingerprint density at radius 1 is 1.23 bits per heavy atom. The summed E-state index contributed by atoms with van der Waals surface area (Å²) in [7, 11) is 0. The SMILES string of the molecule is CCCNC(=O)N1CCN(c2ccc(CC)cc2)C(=O)C1C. The number of hydrogen-bond acceptors (Lipinski definition) is 2. The molecule has 1 saturated heterocycles. The predicted molar refractivity (Wildman–Crippen MR) is 88.0 cm³/mol. The molecule has 1 aromatic carbocycles. The molecule has 1 fully saturated rings. The summed E-state index contributed by atoms with van der Waals surface area (Å²) in [5, 5.41) is 2.84. The third-order valence-corrected chi connectivity index (χ3v) is 4.10. The fraction of sp³-hybridized carbons (Fsp3) is 0.529. The number of amides is 3. The average Bonchev–Trinajstić information content (AvgIpc) is 2.55. The Balaban J connectivity index is 2.06. The highest BCUT2D eigenvalue weighted by molar-refractivity contribution is 6.00. The topological polar surface area (TPSA) is 52.7 Å². The molecule has 5 heteroatoms. The van der Waals surface area contributed by atoms with Gasteiger partial charge in [0.15, 0.2) is 0 Å². The van der Waals surface area contributed by atoms with Crippen LogP contribution in [0.4, 0.5) is 10.5 Å². The summed E-state index contributed by atoms with van der Waals surface area (Å²) in [4.78, 5) is 28.0. The van der Waals surface area contributed by atoms with Gasteiger partial charge in [0.1, 0.15) is 6.04 Å². The molecule has 0 aromatic heterocycles. The summed E-state index contributed by atoms with van der Waals surface area (Å²) in [6, 6.07) is 7.48. The van der Waals surface area contributed by atoms with E-state index in [2.05, 4.69) is 12.2 Å². The van der Waals surface area contributed by atoms with E-state index in [1.54, 1.807) is 16.7 Å². The average molecular weight is 303 g/mol. The van der Waals surface area contributed by atoms with E-state index < -0.39 is 6.04 Å². The smallest absolute Gasteiger partial charge is 0.318 e. The fourth-order valence-corrected chi connectivity index (χ4v) is 2.65. The van der Waals surface area contributed by atoms with Gasteiger partial charge in [-0.3, -0.25) is 4.79 Å². The predicted octanol–water partition coefficient (Wildman–Crippen LogP) is 2.41. The van der Waals surface area contributed by atoms with Crippen LogP contribution < -0.4 is 10.2 Å². The quantitative estimate of drug-likeness (QED) is 0.928. The van der Waals surface area contributed by atoms with Gasteiger partial charge in [0.2, 0.25) is 5.91 Å². The molecule has 0 aliphatic carbocycles. The van der Waals surface area contributed by atoms with Gasteiger partial charge in [-0.05, 0) is 37.5 Å². The minimum absolute atomic E-state index is 0.0258. The van der Waals surface area contributed by atoms with E-state index in [9.17, 15) is 9.59 Å². The molecular formula is C17H25N3O2. The van der Waals surface area contributed by atoms with E-state index in [-0.39, 0.29) is 11.9 Å².